The molecule has 3 rings (SSSR count). The van der Waals surface area contributed by atoms with Crippen molar-refractivity contribution in [3.05, 3.63) is 35.6 Å². The van der Waals surface area contributed by atoms with Crippen LogP contribution in [0.5, 0.6) is 0 Å². The predicted octanol–water partition coefficient (Wildman–Crippen LogP) is 2.08. The lowest BCUT2D eigenvalue weighted by atomic mass is 9.95. The third-order valence-corrected chi connectivity index (χ3v) is 4.96. The van der Waals surface area contributed by atoms with E-state index in [9.17, 15) is 9.18 Å². The monoisotopic (exact) mass is 319 g/mol. The third-order valence-electron chi connectivity index (χ3n) is 4.96. The van der Waals surface area contributed by atoms with E-state index in [2.05, 4.69) is 10.6 Å². The first kappa shape index (κ1) is 16.4. The molecule has 0 bridgehead atoms. The highest BCUT2D eigenvalue weighted by Crippen LogP contribution is 2.26. The molecule has 1 aromatic rings. The Hall–Kier alpha value is -1.46. The van der Waals surface area contributed by atoms with Gasteiger partial charge >= 0.3 is 0 Å². The molecule has 23 heavy (non-hydrogen) atoms. The molecule has 2 saturated heterocycles. The van der Waals surface area contributed by atoms with Crippen LogP contribution >= 0.6 is 0 Å². The molecule has 2 atom stereocenters. The maximum Gasteiger partial charge on any atom is 0.223 e. The van der Waals surface area contributed by atoms with Gasteiger partial charge in [-0.25, -0.2) is 4.39 Å². The average Bonchev–Trinajstić information content (AvgIpc) is 2.83. The Morgan fingerprint density at radius 2 is 2.13 bits per heavy atom. The second-order valence-electron chi connectivity index (χ2n) is 6.61. The minimum Gasteiger partial charge on any atom is -0.333 e. The minimum atomic E-state index is -0.240. The maximum atomic E-state index is 13.5. The summed E-state index contributed by atoms with van der Waals surface area (Å²) in [5.74, 6) is 0.448. The molecule has 0 aliphatic carbocycles. The van der Waals surface area contributed by atoms with Crippen molar-refractivity contribution in [2.75, 3.05) is 32.7 Å². The van der Waals surface area contributed by atoms with E-state index in [-0.39, 0.29) is 17.8 Å². The largest absolute Gasteiger partial charge is 0.333 e. The molecule has 2 fully saturated rings. The predicted molar refractivity (Wildman–Crippen MR) is 88.6 cm³/mol. The molecule has 2 heterocycles. The molecule has 1 aromatic carbocycles. The van der Waals surface area contributed by atoms with E-state index in [1.807, 2.05) is 11.0 Å². The second kappa shape index (κ2) is 7.88. The fourth-order valence-corrected chi connectivity index (χ4v) is 3.67. The Balaban J connectivity index is 1.69. The first-order chi connectivity index (χ1) is 11.2. The summed E-state index contributed by atoms with van der Waals surface area (Å²) in [5.41, 5.74) is 0.882. The number of rotatable bonds is 3. The number of carbonyl (C=O) groups excluding carboxylic acids is 1. The molecular weight excluding hydrogens is 293 g/mol. The van der Waals surface area contributed by atoms with Crippen molar-refractivity contribution >= 4 is 5.91 Å². The highest BCUT2D eigenvalue weighted by atomic mass is 19.1. The average molecular weight is 319 g/mol. The zero-order valence-electron chi connectivity index (χ0n) is 13.6. The number of nitrogens with one attached hydrogen (secondary N) is 2. The molecule has 2 aliphatic rings. The number of carbonyl (C=O) groups is 1. The van der Waals surface area contributed by atoms with E-state index in [1.165, 1.54) is 6.07 Å². The topological polar surface area (TPSA) is 44.4 Å². The van der Waals surface area contributed by atoms with Crippen molar-refractivity contribution in [3.63, 3.8) is 0 Å². The first-order valence-corrected chi connectivity index (χ1v) is 8.70. The smallest absolute Gasteiger partial charge is 0.223 e. The van der Waals surface area contributed by atoms with Gasteiger partial charge in [0.1, 0.15) is 5.82 Å². The van der Waals surface area contributed by atoms with Crippen LogP contribution in [0.1, 0.15) is 37.3 Å². The van der Waals surface area contributed by atoms with Gasteiger partial charge in [0.15, 0.2) is 0 Å². The first-order valence-electron chi connectivity index (χ1n) is 8.70. The van der Waals surface area contributed by atoms with Crippen LogP contribution in [-0.2, 0) is 4.79 Å². The van der Waals surface area contributed by atoms with E-state index < -0.39 is 0 Å². The summed E-state index contributed by atoms with van der Waals surface area (Å²) in [6.45, 7) is 4.27. The Morgan fingerprint density at radius 1 is 1.22 bits per heavy atom. The standard InChI is InChI=1S/C18H26FN3O/c19-16-5-1-4-15(12-16)17-13-21-9-10-22(17)18(23)11-14-3-2-7-20-8-6-14/h1,4-5,12,14,17,20-21H,2-3,6-11,13H2. The molecular formula is C18H26FN3O. The number of benzene rings is 1. The third kappa shape index (κ3) is 4.30. The van der Waals surface area contributed by atoms with Crippen molar-refractivity contribution in [2.24, 2.45) is 5.92 Å². The molecule has 126 valence electrons. The van der Waals surface area contributed by atoms with Gasteiger partial charge in [0.05, 0.1) is 6.04 Å². The number of halogens is 1. The highest BCUT2D eigenvalue weighted by Gasteiger charge is 2.29. The maximum absolute atomic E-state index is 13.5. The van der Waals surface area contributed by atoms with Gasteiger partial charge < -0.3 is 15.5 Å². The molecule has 0 radical (unpaired) electrons. The van der Waals surface area contributed by atoms with Gasteiger partial charge in [0.25, 0.3) is 0 Å². The lowest BCUT2D eigenvalue weighted by molar-refractivity contribution is -0.135. The highest BCUT2D eigenvalue weighted by molar-refractivity contribution is 5.77. The van der Waals surface area contributed by atoms with Gasteiger partial charge in [-0.1, -0.05) is 12.1 Å². The summed E-state index contributed by atoms with van der Waals surface area (Å²) in [7, 11) is 0. The van der Waals surface area contributed by atoms with E-state index in [0.29, 0.717) is 25.4 Å². The molecule has 2 aliphatic heterocycles. The van der Waals surface area contributed by atoms with Crippen molar-refractivity contribution in [2.45, 2.75) is 31.7 Å². The van der Waals surface area contributed by atoms with Crippen LogP contribution in [0.15, 0.2) is 24.3 Å². The van der Waals surface area contributed by atoms with Crippen LogP contribution < -0.4 is 10.6 Å². The van der Waals surface area contributed by atoms with Gasteiger partial charge in [-0.3, -0.25) is 4.79 Å². The SMILES string of the molecule is O=C(CC1CCCNCC1)N1CCNCC1c1cccc(F)c1. The van der Waals surface area contributed by atoms with Crippen molar-refractivity contribution in [1.29, 1.82) is 0 Å². The van der Waals surface area contributed by atoms with E-state index >= 15 is 0 Å². The zero-order valence-corrected chi connectivity index (χ0v) is 13.6. The summed E-state index contributed by atoms with van der Waals surface area (Å²) < 4.78 is 13.5. The normalized spacial score (nSPS) is 25.9. The molecule has 0 aromatic heterocycles. The van der Waals surface area contributed by atoms with Gasteiger partial charge in [-0.15, -0.1) is 0 Å². The quantitative estimate of drug-likeness (QED) is 0.896. The molecule has 5 heteroatoms. The Morgan fingerprint density at radius 3 is 3.00 bits per heavy atom. The number of hydrogen-bond donors (Lipinski definition) is 2. The summed E-state index contributed by atoms with van der Waals surface area (Å²) in [6.07, 6.45) is 3.96. The number of hydrogen-bond acceptors (Lipinski definition) is 3. The van der Waals surface area contributed by atoms with Gasteiger partial charge in [0.2, 0.25) is 5.91 Å². The van der Waals surface area contributed by atoms with Crippen LogP contribution in [0.4, 0.5) is 4.39 Å². The van der Waals surface area contributed by atoms with Crippen LogP contribution in [0.2, 0.25) is 0 Å². The molecule has 2 N–H and O–H groups in total. The number of nitrogens with zero attached hydrogens (tertiary/aromatic N) is 1. The molecule has 0 saturated carbocycles. The van der Waals surface area contributed by atoms with E-state index in [4.69, 9.17) is 0 Å². The van der Waals surface area contributed by atoms with E-state index in [0.717, 1.165) is 44.5 Å². The fraction of sp³-hybridized carbons (Fsp3) is 0.611. The Bertz CT molecular complexity index is 529. The lowest BCUT2D eigenvalue weighted by Crippen LogP contribution is -2.49. The number of amides is 1. The van der Waals surface area contributed by atoms with Crippen molar-refractivity contribution in [1.82, 2.24) is 15.5 Å². The van der Waals surface area contributed by atoms with Gasteiger partial charge in [0, 0.05) is 26.1 Å². The number of piperazine rings is 1. The lowest BCUT2D eigenvalue weighted by Gasteiger charge is -2.37. The summed E-state index contributed by atoms with van der Waals surface area (Å²) in [6, 6.07) is 6.57. The molecule has 4 nitrogen and oxygen atoms in total. The van der Waals surface area contributed by atoms with Crippen LogP contribution in [-0.4, -0.2) is 43.5 Å². The fourth-order valence-electron chi connectivity index (χ4n) is 3.67. The molecule has 1 amide bonds. The second-order valence-corrected chi connectivity index (χ2v) is 6.61. The minimum absolute atomic E-state index is 0.0594. The zero-order chi connectivity index (χ0) is 16.1. The summed E-state index contributed by atoms with van der Waals surface area (Å²) in [4.78, 5) is 14.8. The van der Waals surface area contributed by atoms with Crippen LogP contribution in [0.25, 0.3) is 0 Å². The Labute approximate surface area is 137 Å². The molecule has 2 unspecified atom stereocenters. The van der Waals surface area contributed by atoms with Crippen molar-refractivity contribution < 1.29 is 9.18 Å². The van der Waals surface area contributed by atoms with Gasteiger partial charge in [-0.05, 0) is 56.0 Å². The summed E-state index contributed by atoms with van der Waals surface area (Å²) in [5, 5.41) is 6.72. The van der Waals surface area contributed by atoms with Crippen molar-refractivity contribution in [3.8, 4) is 0 Å². The van der Waals surface area contributed by atoms with Crippen LogP contribution in [0, 0.1) is 11.7 Å². The Kier molecular flexibility index (Phi) is 5.62. The summed E-state index contributed by atoms with van der Waals surface area (Å²) >= 11 is 0. The van der Waals surface area contributed by atoms with Gasteiger partial charge in [-0.2, -0.15) is 0 Å². The molecule has 0 spiro atoms. The van der Waals surface area contributed by atoms with Crippen LogP contribution in [0.3, 0.4) is 0 Å². The van der Waals surface area contributed by atoms with E-state index in [1.54, 1.807) is 12.1 Å².